The molecule has 0 aromatic heterocycles. The average Bonchev–Trinajstić information content (AvgIpc) is 2.65. The molecule has 3 heteroatoms. The summed E-state index contributed by atoms with van der Waals surface area (Å²) in [5.74, 6) is 3.91. The van der Waals surface area contributed by atoms with Crippen molar-refractivity contribution in [2.24, 2.45) is 17.6 Å². The van der Waals surface area contributed by atoms with Crippen LogP contribution in [0.25, 0.3) is 0 Å². The fourth-order valence-corrected chi connectivity index (χ4v) is 3.14. The van der Waals surface area contributed by atoms with E-state index >= 15 is 0 Å². The Hall–Kier alpha value is 0.270. The van der Waals surface area contributed by atoms with Gasteiger partial charge in [-0.15, -0.1) is 0 Å². The van der Waals surface area contributed by atoms with E-state index in [1.807, 2.05) is 11.8 Å². The molecule has 0 bridgehead atoms. The number of ether oxygens (including phenoxy) is 1. The zero-order chi connectivity index (χ0) is 9.68. The van der Waals surface area contributed by atoms with E-state index in [1.165, 1.54) is 17.9 Å². The standard InChI is InChI=1S/C10H21NOS/c1-8(3-5-12-2)10(11)9-4-6-13-7-9/h8-10H,3-7,11H2,1-2H3. The van der Waals surface area contributed by atoms with Crippen molar-refractivity contribution in [1.82, 2.24) is 0 Å². The number of hydrogen-bond acceptors (Lipinski definition) is 3. The van der Waals surface area contributed by atoms with E-state index in [2.05, 4.69) is 6.92 Å². The van der Waals surface area contributed by atoms with E-state index in [0.29, 0.717) is 12.0 Å². The van der Waals surface area contributed by atoms with Crippen molar-refractivity contribution in [3.05, 3.63) is 0 Å². The number of nitrogens with two attached hydrogens (primary N) is 1. The lowest BCUT2D eigenvalue weighted by Gasteiger charge is -2.24. The minimum absolute atomic E-state index is 0.380. The van der Waals surface area contributed by atoms with E-state index in [4.69, 9.17) is 10.5 Å². The number of hydrogen-bond donors (Lipinski definition) is 1. The highest BCUT2D eigenvalue weighted by atomic mass is 32.2. The van der Waals surface area contributed by atoms with Crippen molar-refractivity contribution in [2.45, 2.75) is 25.8 Å². The maximum absolute atomic E-state index is 6.19. The molecule has 3 unspecified atom stereocenters. The van der Waals surface area contributed by atoms with Crippen LogP contribution in [0, 0.1) is 11.8 Å². The molecular formula is C10H21NOS. The molecule has 0 spiro atoms. The third-order valence-electron chi connectivity index (χ3n) is 2.94. The number of thioether (sulfide) groups is 1. The van der Waals surface area contributed by atoms with Crippen LogP contribution in [0.2, 0.25) is 0 Å². The first kappa shape index (κ1) is 11.3. The van der Waals surface area contributed by atoms with Gasteiger partial charge in [0, 0.05) is 19.8 Å². The van der Waals surface area contributed by atoms with Crippen LogP contribution in [0.15, 0.2) is 0 Å². The maximum Gasteiger partial charge on any atom is 0.0465 e. The van der Waals surface area contributed by atoms with Crippen molar-refractivity contribution in [3.63, 3.8) is 0 Å². The molecule has 1 fully saturated rings. The average molecular weight is 203 g/mol. The maximum atomic E-state index is 6.19. The molecule has 0 amide bonds. The number of methoxy groups -OCH3 is 1. The normalized spacial score (nSPS) is 27.5. The second-order valence-corrected chi connectivity index (χ2v) is 5.11. The van der Waals surface area contributed by atoms with Gasteiger partial charge in [0.1, 0.15) is 0 Å². The van der Waals surface area contributed by atoms with Gasteiger partial charge in [-0.25, -0.2) is 0 Å². The molecule has 0 saturated carbocycles. The van der Waals surface area contributed by atoms with Gasteiger partial charge in [-0.1, -0.05) is 6.92 Å². The Balaban J connectivity index is 2.23. The minimum atomic E-state index is 0.380. The Bertz CT molecular complexity index is 137. The first-order chi connectivity index (χ1) is 6.25. The van der Waals surface area contributed by atoms with E-state index in [9.17, 15) is 0 Å². The Morgan fingerprint density at radius 2 is 2.38 bits per heavy atom. The summed E-state index contributed by atoms with van der Waals surface area (Å²) in [5.41, 5.74) is 6.19. The van der Waals surface area contributed by atoms with Crippen LogP contribution < -0.4 is 5.73 Å². The second-order valence-electron chi connectivity index (χ2n) is 3.96. The van der Waals surface area contributed by atoms with Crippen LogP contribution in [0.4, 0.5) is 0 Å². The van der Waals surface area contributed by atoms with Crippen molar-refractivity contribution in [1.29, 1.82) is 0 Å². The highest BCUT2D eigenvalue weighted by molar-refractivity contribution is 7.99. The van der Waals surface area contributed by atoms with E-state index in [0.717, 1.165) is 18.9 Å². The monoisotopic (exact) mass is 203 g/mol. The Kier molecular flexibility index (Phi) is 5.14. The zero-order valence-electron chi connectivity index (χ0n) is 8.66. The Morgan fingerprint density at radius 1 is 1.62 bits per heavy atom. The van der Waals surface area contributed by atoms with Gasteiger partial charge in [0.2, 0.25) is 0 Å². The van der Waals surface area contributed by atoms with Gasteiger partial charge in [-0.3, -0.25) is 0 Å². The fourth-order valence-electron chi connectivity index (χ4n) is 1.82. The summed E-state index contributed by atoms with van der Waals surface area (Å²) < 4.78 is 5.06. The third kappa shape index (κ3) is 3.49. The molecule has 1 aliphatic heterocycles. The molecule has 1 aliphatic rings. The molecule has 3 atom stereocenters. The number of rotatable bonds is 5. The van der Waals surface area contributed by atoms with Crippen molar-refractivity contribution >= 4 is 11.8 Å². The molecule has 78 valence electrons. The molecular weight excluding hydrogens is 182 g/mol. The Labute approximate surface area is 85.6 Å². The summed E-state index contributed by atoms with van der Waals surface area (Å²) in [7, 11) is 1.75. The zero-order valence-corrected chi connectivity index (χ0v) is 9.48. The van der Waals surface area contributed by atoms with Crippen LogP contribution >= 0.6 is 11.8 Å². The lowest BCUT2D eigenvalue weighted by molar-refractivity contribution is 0.168. The summed E-state index contributed by atoms with van der Waals surface area (Å²) >= 11 is 2.04. The summed E-state index contributed by atoms with van der Waals surface area (Å²) in [6.07, 6.45) is 2.40. The highest BCUT2D eigenvalue weighted by Crippen LogP contribution is 2.28. The van der Waals surface area contributed by atoms with Gasteiger partial charge in [-0.05, 0) is 36.2 Å². The molecule has 2 N–H and O–H groups in total. The first-order valence-electron chi connectivity index (χ1n) is 5.08. The van der Waals surface area contributed by atoms with E-state index in [1.54, 1.807) is 7.11 Å². The SMILES string of the molecule is COCCC(C)C(N)C1CCSC1. The lowest BCUT2D eigenvalue weighted by Crippen LogP contribution is -2.36. The van der Waals surface area contributed by atoms with Gasteiger partial charge >= 0.3 is 0 Å². The van der Waals surface area contributed by atoms with Crippen molar-refractivity contribution in [3.8, 4) is 0 Å². The molecule has 1 heterocycles. The van der Waals surface area contributed by atoms with E-state index < -0.39 is 0 Å². The quantitative estimate of drug-likeness (QED) is 0.739. The molecule has 0 radical (unpaired) electrons. The molecule has 0 aromatic carbocycles. The molecule has 0 aromatic rings. The third-order valence-corrected chi connectivity index (χ3v) is 4.13. The summed E-state index contributed by atoms with van der Waals surface area (Å²) in [5, 5.41) is 0. The summed E-state index contributed by atoms with van der Waals surface area (Å²) in [6.45, 7) is 3.08. The van der Waals surface area contributed by atoms with Gasteiger partial charge in [0.05, 0.1) is 0 Å². The second kappa shape index (κ2) is 5.89. The van der Waals surface area contributed by atoms with Crippen LogP contribution in [0.1, 0.15) is 19.8 Å². The van der Waals surface area contributed by atoms with Crippen molar-refractivity contribution in [2.75, 3.05) is 25.2 Å². The lowest BCUT2D eigenvalue weighted by atomic mass is 9.88. The van der Waals surface area contributed by atoms with Gasteiger partial charge in [0.25, 0.3) is 0 Å². The van der Waals surface area contributed by atoms with Gasteiger partial charge in [-0.2, -0.15) is 11.8 Å². The van der Waals surface area contributed by atoms with Crippen LogP contribution in [0.5, 0.6) is 0 Å². The summed E-state index contributed by atoms with van der Waals surface area (Å²) in [6, 6.07) is 0.380. The van der Waals surface area contributed by atoms with Crippen molar-refractivity contribution < 1.29 is 4.74 Å². The largest absolute Gasteiger partial charge is 0.385 e. The fraction of sp³-hybridized carbons (Fsp3) is 1.00. The predicted octanol–water partition coefficient (Wildman–Crippen LogP) is 1.74. The molecule has 2 nitrogen and oxygen atoms in total. The Morgan fingerprint density at radius 3 is 2.92 bits per heavy atom. The predicted molar refractivity (Wildman–Crippen MR) is 59.1 cm³/mol. The van der Waals surface area contributed by atoms with Crippen LogP contribution in [-0.4, -0.2) is 31.3 Å². The molecule has 1 saturated heterocycles. The van der Waals surface area contributed by atoms with Crippen LogP contribution in [0.3, 0.4) is 0 Å². The van der Waals surface area contributed by atoms with Gasteiger partial charge in [0.15, 0.2) is 0 Å². The minimum Gasteiger partial charge on any atom is -0.385 e. The first-order valence-corrected chi connectivity index (χ1v) is 6.23. The summed E-state index contributed by atoms with van der Waals surface area (Å²) in [4.78, 5) is 0. The topological polar surface area (TPSA) is 35.2 Å². The smallest absolute Gasteiger partial charge is 0.0465 e. The molecule has 0 aliphatic carbocycles. The van der Waals surface area contributed by atoms with Gasteiger partial charge < -0.3 is 10.5 Å². The van der Waals surface area contributed by atoms with E-state index in [-0.39, 0.29) is 0 Å². The molecule has 13 heavy (non-hydrogen) atoms. The molecule has 1 rings (SSSR count). The van der Waals surface area contributed by atoms with Crippen LogP contribution in [-0.2, 0) is 4.74 Å². The highest BCUT2D eigenvalue weighted by Gasteiger charge is 2.26.